The summed E-state index contributed by atoms with van der Waals surface area (Å²) in [6, 6.07) is 37.4. The third kappa shape index (κ3) is 9.16. The molecule has 0 aliphatic heterocycles. The summed E-state index contributed by atoms with van der Waals surface area (Å²) in [6.07, 6.45) is 2.62. The van der Waals surface area contributed by atoms with Gasteiger partial charge in [0.15, 0.2) is 0 Å². The largest absolute Gasteiger partial charge is 1.00 e. The Kier molecular flexibility index (Phi) is 13.1. The van der Waals surface area contributed by atoms with Gasteiger partial charge in [-0.05, 0) is 74.2 Å². The zero-order chi connectivity index (χ0) is 27.4. The van der Waals surface area contributed by atoms with Gasteiger partial charge in [0.05, 0.1) is 12.6 Å². The molecule has 0 saturated carbocycles. The van der Waals surface area contributed by atoms with Crippen LogP contribution in [0.1, 0.15) is 36.0 Å². The second kappa shape index (κ2) is 16.0. The first kappa shape index (κ1) is 31.9. The van der Waals surface area contributed by atoms with Crippen LogP contribution >= 0.6 is 7.26 Å². The zero-order valence-corrected chi connectivity index (χ0v) is 24.9. The van der Waals surface area contributed by atoms with Gasteiger partial charge in [-0.15, -0.1) is 0 Å². The van der Waals surface area contributed by atoms with E-state index in [1.165, 1.54) is 32.6 Å². The van der Waals surface area contributed by atoms with Crippen molar-refractivity contribution in [2.75, 3.05) is 6.16 Å². The second-order valence-corrected chi connectivity index (χ2v) is 13.0. The Morgan fingerprint density at radius 3 is 1.46 bits per heavy atom. The topological polar surface area (TPSA) is 74.6 Å². The SMILES string of the molecule is Cc1ccc(CCCC(=O)O)c(C)c1.O=C(O)CC[P+](c1ccccc1)(c1ccccc1)c1ccccc1.[Br-]. The average Bonchev–Trinajstić information content (AvgIpc) is 2.92. The minimum absolute atomic E-state index is 0. The molecule has 39 heavy (non-hydrogen) atoms. The predicted molar refractivity (Wildman–Crippen MR) is 159 cm³/mol. The molecule has 6 heteroatoms. The molecule has 0 amide bonds. The summed E-state index contributed by atoms with van der Waals surface area (Å²) in [4.78, 5) is 21.7. The van der Waals surface area contributed by atoms with E-state index in [0.29, 0.717) is 6.16 Å². The third-order valence-electron chi connectivity index (χ3n) is 6.59. The molecule has 204 valence electrons. The zero-order valence-electron chi connectivity index (χ0n) is 22.5. The van der Waals surface area contributed by atoms with E-state index in [1.807, 2.05) is 54.6 Å². The lowest BCUT2D eigenvalue weighted by Gasteiger charge is -2.27. The number of carboxylic acid groups (broad SMARTS) is 2. The molecule has 0 heterocycles. The van der Waals surface area contributed by atoms with Gasteiger partial charge < -0.3 is 27.2 Å². The van der Waals surface area contributed by atoms with Gasteiger partial charge in [0, 0.05) is 6.42 Å². The van der Waals surface area contributed by atoms with Crippen molar-refractivity contribution in [3.63, 3.8) is 0 Å². The number of hydrogen-bond acceptors (Lipinski definition) is 2. The molecule has 4 rings (SSSR count). The Morgan fingerprint density at radius 1 is 0.641 bits per heavy atom. The van der Waals surface area contributed by atoms with Crippen molar-refractivity contribution in [1.82, 2.24) is 0 Å². The monoisotopic (exact) mass is 606 g/mol. The number of aryl methyl sites for hydroxylation is 3. The summed E-state index contributed by atoms with van der Waals surface area (Å²) in [6.45, 7) is 4.14. The number of halogens is 1. The minimum Gasteiger partial charge on any atom is -1.00 e. The second-order valence-electron chi connectivity index (χ2n) is 9.36. The Balaban J connectivity index is 0.000000306. The standard InChI is InChI=1S/C21H19O2P.C12H16O2.BrH/c22-21(23)16-17-24(18-10-4-1-5-11-18,19-12-6-2-7-13-19)20-14-8-3-9-15-20;1-9-6-7-11(10(2)8-9)4-3-5-12(13)14;/h1-15H,16-17H2;6-8H,3-5H2,1-2H3,(H,13,14);1H. The highest BCUT2D eigenvalue weighted by Gasteiger charge is 2.45. The van der Waals surface area contributed by atoms with E-state index < -0.39 is 19.2 Å². The molecule has 0 bridgehead atoms. The fourth-order valence-corrected chi connectivity index (χ4v) is 8.94. The molecule has 0 aliphatic rings. The van der Waals surface area contributed by atoms with Gasteiger partial charge in [0.1, 0.15) is 23.2 Å². The number of hydrogen-bond donors (Lipinski definition) is 2. The number of carboxylic acids is 2. The van der Waals surface area contributed by atoms with Crippen molar-refractivity contribution in [1.29, 1.82) is 0 Å². The molecule has 0 fully saturated rings. The van der Waals surface area contributed by atoms with Crippen LogP contribution in [0.3, 0.4) is 0 Å². The molecule has 0 unspecified atom stereocenters. The first-order chi connectivity index (χ1) is 18.3. The van der Waals surface area contributed by atoms with Crippen LogP contribution in [0.25, 0.3) is 0 Å². The van der Waals surface area contributed by atoms with Crippen LogP contribution in [0, 0.1) is 13.8 Å². The van der Waals surface area contributed by atoms with E-state index in [1.54, 1.807) is 0 Å². The van der Waals surface area contributed by atoms with E-state index >= 15 is 0 Å². The molecule has 0 aliphatic carbocycles. The molecule has 0 aromatic heterocycles. The van der Waals surface area contributed by atoms with Gasteiger partial charge in [-0.3, -0.25) is 9.59 Å². The summed E-state index contributed by atoms with van der Waals surface area (Å²) in [7, 11) is -1.99. The molecule has 0 saturated heterocycles. The Hall–Kier alpha value is -3.27. The van der Waals surface area contributed by atoms with Crippen LogP contribution in [0.5, 0.6) is 0 Å². The smallest absolute Gasteiger partial charge is 0.307 e. The first-order valence-electron chi connectivity index (χ1n) is 12.9. The fraction of sp³-hybridized carbons (Fsp3) is 0.212. The number of aliphatic carboxylic acids is 2. The van der Waals surface area contributed by atoms with Crippen molar-refractivity contribution < 1.29 is 36.8 Å². The van der Waals surface area contributed by atoms with Crippen LogP contribution in [0.2, 0.25) is 0 Å². The highest BCUT2D eigenvalue weighted by Crippen LogP contribution is 2.55. The molecule has 0 atom stereocenters. The molecule has 0 radical (unpaired) electrons. The quantitative estimate of drug-likeness (QED) is 0.272. The average molecular weight is 608 g/mol. The van der Waals surface area contributed by atoms with Crippen LogP contribution in [0.15, 0.2) is 109 Å². The number of carbonyl (C=O) groups is 2. The molecule has 4 nitrogen and oxygen atoms in total. The van der Waals surface area contributed by atoms with Gasteiger partial charge in [0.25, 0.3) is 0 Å². The first-order valence-corrected chi connectivity index (χ1v) is 14.8. The van der Waals surface area contributed by atoms with Gasteiger partial charge >= 0.3 is 11.9 Å². The van der Waals surface area contributed by atoms with Crippen LogP contribution in [-0.2, 0) is 16.0 Å². The van der Waals surface area contributed by atoms with Crippen molar-refractivity contribution >= 4 is 35.1 Å². The minimum atomic E-state index is -1.99. The molecule has 4 aromatic carbocycles. The van der Waals surface area contributed by atoms with Gasteiger partial charge in [0.2, 0.25) is 0 Å². The predicted octanol–water partition coefficient (Wildman–Crippen LogP) is 3.17. The lowest BCUT2D eigenvalue weighted by Crippen LogP contribution is -3.00. The molecular formula is C33H36BrO4P. The highest BCUT2D eigenvalue weighted by molar-refractivity contribution is 7.95. The van der Waals surface area contributed by atoms with Crippen molar-refractivity contribution in [2.45, 2.75) is 39.5 Å². The van der Waals surface area contributed by atoms with Gasteiger partial charge in [-0.2, -0.15) is 0 Å². The molecule has 2 N–H and O–H groups in total. The maximum Gasteiger partial charge on any atom is 0.307 e. The summed E-state index contributed by atoms with van der Waals surface area (Å²) in [5.41, 5.74) is 3.77. The van der Waals surface area contributed by atoms with Crippen LogP contribution in [-0.4, -0.2) is 28.3 Å². The lowest BCUT2D eigenvalue weighted by atomic mass is 10.0. The maximum absolute atomic E-state index is 11.4. The molecule has 4 aromatic rings. The Bertz CT molecular complexity index is 1210. The van der Waals surface area contributed by atoms with Gasteiger partial charge in [-0.25, -0.2) is 0 Å². The summed E-state index contributed by atoms with van der Waals surface area (Å²) < 4.78 is 0. The lowest BCUT2D eigenvalue weighted by molar-refractivity contribution is -0.137. The molecule has 0 spiro atoms. The van der Waals surface area contributed by atoms with Crippen LogP contribution in [0.4, 0.5) is 0 Å². The maximum atomic E-state index is 11.4. The highest BCUT2D eigenvalue weighted by atomic mass is 79.9. The van der Waals surface area contributed by atoms with Gasteiger partial charge in [-0.1, -0.05) is 78.4 Å². The van der Waals surface area contributed by atoms with E-state index in [4.69, 9.17) is 5.11 Å². The van der Waals surface area contributed by atoms with Crippen molar-refractivity contribution in [2.24, 2.45) is 0 Å². The Labute approximate surface area is 242 Å². The van der Waals surface area contributed by atoms with E-state index in [-0.39, 0.29) is 29.8 Å². The fourth-order valence-electron chi connectivity index (χ4n) is 4.70. The summed E-state index contributed by atoms with van der Waals surface area (Å²) in [5.74, 6) is -1.46. The number of rotatable bonds is 10. The van der Waals surface area contributed by atoms with E-state index in [0.717, 1.165) is 12.8 Å². The Morgan fingerprint density at radius 2 is 1.08 bits per heavy atom. The summed E-state index contributed by atoms with van der Waals surface area (Å²) in [5, 5.41) is 21.5. The summed E-state index contributed by atoms with van der Waals surface area (Å²) >= 11 is 0. The van der Waals surface area contributed by atoms with E-state index in [9.17, 15) is 14.7 Å². The van der Waals surface area contributed by atoms with Crippen LogP contribution < -0.4 is 32.9 Å². The molecular weight excluding hydrogens is 571 g/mol. The third-order valence-corrected chi connectivity index (χ3v) is 11.0. The van der Waals surface area contributed by atoms with E-state index in [2.05, 4.69) is 68.4 Å². The number of benzene rings is 4. The van der Waals surface area contributed by atoms with Crippen molar-refractivity contribution in [3.8, 4) is 0 Å². The van der Waals surface area contributed by atoms with Crippen molar-refractivity contribution in [3.05, 3.63) is 126 Å². The normalized spacial score (nSPS) is 10.5.